The molecule has 0 aliphatic heterocycles. The van der Waals surface area contributed by atoms with Gasteiger partial charge in [0.05, 0.1) is 16.3 Å². The Kier molecular flexibility index (Phi) is 5.40. The fraction of sp³-hybridized carbons (Fsp3) is 0.571. The van der Waals surface area contributed by atoms with Crippen molar-refractivity contribution in [2.24, 2.45) is 0 Å². The Hall–Kier alpha value is -0.920. The molecule has 0 radical (unpaired) electrons. The Labute approximate surface area is 131 Å². The maximum absolute atomic E-state index is 11.7. The molecule has 2 atom stereocenters. The Morgan fingerprint density at radius 3 is 2.71 bits per heavy atom. The molecule has 1 aromatic carbocycles. The summed E-state index contributed by atoms with van der Waals surface area (Å²) in [4.78, 5) is 0.193. The Morgan fingerprint density at radius 2 is 2.10 bits per heavy atom. The number of nitrogen functional groups attached to an aromatic ring is 1. The van der Waals surface area contributed by atoms with Crippen LogP contribution in [0.15, 0.2) is 23.1 Å². The zero-order valence-corrected chi connectivity index (χ0v) is 14.1. The Bertz CT molecular complexity index is 590. The van der Waals surface area contributed by atoms with Gasteiger partial charge in [-0.25, -0.2) is 13.1 Å². The van der Waals surface area contributed by atoms with Crippen LogP contribution in [0.4, 0.5) is 11.4 Å². The highest BCUT2D eigenvalue weighted by Crippen LogP contribution is 2.31. The number of hydrogen-bond acceptors (Lipinski definition) is 5. The van der Waals surface area contributed by atoms with Crippen molar-refractivity contribution in [2.75, 3.05) is 24.4 Å². The molecular weight excluding hydrogens is 306 g/mol. The molecule has 0 amide bonds. The summed E-state index contributed by atoms with van der Waals surface area (Å²) in [5, 5.41) is 4.15. The van der Waals surface area contributed by atoms with E-state index in [4.69, 9.17) is 5.73 Å². The summed E-state index contributed by atoms with van der Waals surface area (Å²) in [7, 11) is -2.05. The molecule has 0 heterocycles. The summed E-state index contributed by atoms with van der Waals surface area (Å²) < 4.78 is 25.8. The highest BCUT2D eigenvalue weighted by atomic mass is 32.2. The quantitative estimate of drug-likeness (QED) is 0.722. The topological polar surface area (TPSA) is 84.2 Å². The molecule has 7 heteroatoms. The lowest BCUT2D eigenvalue weighted by Gasteiger charge is -2.29. The average Bonchev–Trinajstić information content (AvgIpc) is 2.49. The zero-order valence-electron chi connectivity index (χ0n) is 12.4. The molecule has 2 rings (SSSR count). The summed E-state index contributed by atoms with van der Waals surface area (Å²) in [5.41, 5.74) is 7.28. The highest BCUT2D eigenvalue weighted by Gasteiger charge is 2.22. The zero-order chi connectivity index (χ0) is 15.5. The third-order valence-corrected chi connectivity index (χ3v) is 6.43. The van der Waals surface area contributed by atoms with Gasteiger partial charge in [-0.15, -0.1) is 0 Å². The van der Waals surface area contributed by atoms with Gasteiger partial charge in [0.15, 0.2) is 0 Å². The number of nitrogens with two attached hydrogens (primary N) is 1. The van der Waals surface area contributed by atoms with Crippen LogP contribution in [0, 0.1) is 0 Å². The van der Waals surface area contributed by atoms with Crippen LogP contribution in [0.2, 0.25) is 0 Å². The molecule has 1 aliphatic carbocycles. The molecule has 2 unspecified atom stereocenters. The van der Waals surface area contributed by atoms with Crippen LogP contribution in [-0.2, 0) is 10.0 Å². The van der Waals surface area contributed by atoms with E-state index < -0.39 is 10.0 Å². The fourth-order valence-electron chi connectivity index (χ4n) is 2.67. The number of sulfonamides is 1. The van der Waals surface area contributed by atoms with E-state index >= 15 is 0 Å². The van der Waals surface area contributed by atoms with Crippen molar-refractivity contribution in [3.8, 4) is 0 Å². The van der Waals surface area contributed by atoms with Gasteiger partial charge in [0, 0.05) is 11.3 Å². The van der Waals surface area contributed by atoms with E-state index in [-0.39, 0.29) is 4.90 Å². The number of benzene rings is 1. The van der Waals surface area contributed by atoms with Crippen molar-refractivity contribution in [1.29, 1.82) is 0 Å². The molecule has 0 saturated heterocycles. The van der Waals surface area contributed by atoms with Gasteiger partial charge in [0.25, 0.3) is 0 Å². The first kappa shape index (κ1) is 16.5. The van der Waals surface area contributed by atoms with Gasteiger partial charge in [0.1, 0.15) is 0 Å². The molecule has 0 aromatic heterocycles. The molecule has 1 aliphatic rings. The molecule has 0 spiro atoms. The minimum Gasteiger partial charge on any atom is -0.397 e. The third kappa shape index (κ3) is 4.05. The summed E-state index contributed by atoms with van der Waals surface area (Å²) in [6.07, 6.45) is 6.90. The first-order valence-electron chi connectivity index (χ1n) is 7.08. The van der Waals surface area contributed by atoms with Crippen LogP contribution in [0.1, 0.15) is 25.7 Å². The van der Waals surface area contributed by atoms with Gasteiger partial charge in [-0.2, -0.15) is 11.8 Å². The molecule has 0 bridgehead atoms. The number of anilines is 2. The van der Waals surface area contributed by atoms with Crippen LogP contribution in [0.3, 0.4) is 0 Å². The predicted octanol–water partition coefficient (Wildman–Crippen LogP) is 2.26. The monoisotopic (exact) mass is 329 g/mol. The van der Waals surface area contributed by atoms with E-state index in [0.29, 0.717) is 17.0 Å². The maximum Gasteiger partial charge on any atom is 0.240 e. The van der Waals surface area contributed by atoms with Crippen molar-refractivity contribution in [3.05, 3.63) is 18.2 Å². The molecule has 5 nitrogen and oxygen atoms in total. The fourth-order valence-corrected chi connectivity index (χ4v) is 4.26. The second-order valence-electron chi connectivity index (χ2n) is 5.32. The Balaban J connectivity index is 2.11. The van der Waals surface area contributed by atoms with Gasteiger partial charge in [-0.05, 0) is 50.8 Å². The van der Waals surface area contributed by atoms with E-state index in [9.17, 15) is 8.42 Å². The SMILES string of the molecule is CNS(=O)(=O)c1ccc(NC2CCCC(SC)C2)c(N)c1. The van der Waals surface area contributed by atoms with Crippen molar-refractivity contribution < 1.29 is 8.42 Å². The summed E-state index contributed by atoms with van der Waals surface area (Å²) in [6, 6.07) is 5.25. The molecular formula is C14H23N3O2S2. The third-order valence-electron chi connectivity index (χ3n) is 3.92. The average molecular weight is 329 g/mol. The predicted molar refractivity (Wildman–Crippen MR) is 90.3 cm³/mol. The van der Waals surface area contributed by atoms with Crippen LogP contribution >= 0.6 is 11.8 Å². The van der Waals surface area contributed by atoms with Crippen LogP contribution < -0.4 is 15.8 Å². The van der Waals surface area contributed by atoms with Crippen LogP contribution in [0.5, 0.6) is 0 Å². The number of thioether (sulfide) groups is 1. The number of nitrogens with one attached hydrogen (secondary N) is 2. The Morgan fingerprint density at radius 1 is 1.33 bits per heavy atom. The molecule has 21 heavy (non-hydrogen) atoms. The second kappa shape index (κ2) is 6.89. The van der Waals surface area contributed by atoms with E-state index in [1.807, 2.05) is 11.8 Å². The van der Waals surface area contributed by atoms with Crippen molar-refractivity contribution in [3.63, 3.8) is 0 Å². The second-order valence-corrected chi connectivity index (χ2v) is 8.35. The van der Waals surface area contributed by atoms with Gasteiger partial charge in [0.2, 0.25) is 10.0 Å². The summed E-state index contributed by atoms with van der Waals surface area (Å²) in [6.45, 7) is 0. The minimum atomic E-state index is -3.44. The molecule has 1 saturated carbocycles. The van der Waals surface area contributed by atoms with Gasteiger partial charge in [-0.1, -0.05) is 6.42 Å². The normalized spacial score (nSPS) is 23.0. The lowest BCUT2D eigenvalue weighted by Crippen LogP contribution is -2.29. The maximum atomic E-state index is 11.7. The van der Waals surface area contributed by atoms with E-state index in [2.05, 4.69) is 16.3 Å². The molecule has 1 fully saturated rings. The van der Waals surface area contributed by atoms with Crippen molar-refractivity contribution >= 4 is 33.2 Å². The standard InChI is InChI=1S/C14H23N3O2S2/c1-16-21(18,19)12-6-7-14(13(15)9-12)17-10-4-3-5-11(8-10)20-2/h6-7,9-11,16-17H,3-5,8,15H2,1-2H3. The van der Waals surface area contributed by atoms with E-state index in [0.717, 1.165) is 18.5 Å². The van der Waals surface area contributed by atoms with Gasteiger partial charge < -0.3 is 11.1 Å². The van der Waals surface area contributed by atoms with Crippen LogP contribution in [-0.4, -0.2) is 33.0 Å². The largest absolute Gasteiger partial charge is 0.397 e. The molecule has 118 valence electrons. The first-order valence-corrected chi connectivity index (χ1v) is 9.85. The lowest BCUT2D eigenvalue weighted by atomic mass is 9.94. The first-order chi connectivity index (χ1) is 9.96. The molecule has 4 N–H and O–H groups in total. The van der Waals surface area contributed by atoms with Crippen molar-refractivity contribution in [1.82, 2.24) is 4.72 Å². The summed E-state index contributed by atoms with van der Waals surface area (Å²) in [5.74, 6) is 0. The van der Waals surface area contributed by atoms with Crippen molar-refractivity contribution in [2.45, 2.75) is 41.9 Å². The van der Waals surface area contributed by atoms with Crippen LogP contribution in [0.25, 0.3) is 0 Å². The minimum absolute atomic E-state index is 0.193. The van der Waals surface area contributed by atoms with E-state index in [1.54, 1.807) is 12.1 Å². The van der Waals surface area contributed by atoms with E-state index in [1.165, 1.54) is 26.0 Å². The lowest BCUT2D eigenvalue weighted by molar-refractivity contribution is 0.474. The van der Waals surface area contributed by atoms with Gasteiger partial charge >= 0.3 is 0 Å². The summed E-state index contributed by atoms with van der Waals surface area (Å²) >= 11 is 1.91. The smallest absolute Gasteiger partial charge is 0.240 e. The number of hydrogen-bond donors (Lipinski definition) is 3. The van der Waals surface area contributed by atoms with Gasteiger partial charge in [-0.3, -0.25) is 0 Å². The highest BCUT2D eigenvalue weighted by molar-refractivity contribution is 7.99. The molecule has 1 aromatic rings. The number of rotatable bonds is 5.